The van der Waals surface area contributed by atoms with Gasteiger partial charge in [-0.3, -0.25) is 4.79 Å². The first-order valence-electron chi connectivity index (χ1n) is 10.2. The van der Waals surface area contributed by atoms with Crippen LogP contribution < -0.4 is 5.32 Å². The Bertz CT molecular complexity index is 967. The molecule has 5 heteroatoms. The van der Waals surface area contributed by atoms with E-state index >= 15 is 0 Å². The van der Waals surface area contributed by atoms with Crippen molar-refractivity contribution in [1.82, 2.24) is 9.97 Å². The Morgan fingerprint density at radius 2 is 1.72 bits per heavy atom. The molecule has 0 bridgehead atoms. The summed E-state index contributed by atoms with van der Waals surface area (Å²) < 4.78 is 1.16. The highest BCUT2D eigenvalue weighted by molar-refractivity contribution is 14.1. The van der Waals surface area contributed by atoms with Gasteiger partial charge in [-0.15, -0.1) is 0 Å². The van der Waals surface area contributed by atoms with E-state index in [-0.39, 0.29) is 5.91 Å². The first-order chi connectivity index (χ1) is 14.2. The normalized spacial score (nSPS) is 14.5. The van der Waals surface area contributed by atoms with E-state index in [0.29, 0.717) is 18.2 Å². The summed E-state index contributed by atoms with van der Waals surface area (Å²) >= 11 is 2.27. The number of carbonyl (C=O) groups is 1. The molecule has 1 N–H and O–H groups in total. The molecule has 1 amide bonds. The highest BCUT2D eigenvalue weighted by Crippen LogP contribution is 2.35. The minimum absolute atomic E-state index is 0.0509. The van der Waals surface area contributed by atoms with Crippen molar-refractivity contribution < 1.29 is 4.79 Å². The maximum absolute atomic E-state index is 12.7. The van der Waals surface area contributed by atoms with Crippen molar-refractivity contribution >= 4 is 34.3 Å². The second-order valence-electron chi connectivity index (χ2n) is 7.54. The van der Waals surface area contributed by atoms with Gasteiger partial charge in [0.15, 0.2) is 5.82 Å². The Morgan fingerprint density at radius 1 is 1.00 bits per heavy atom. The molecule has 0 spiro atoms. The lowest BCUT2D eigenvalue weighted by molar-refractivity contribution is -0.115. The molecule has 1 aliphatic rings. The van der Waals surface area contributed by atoms with Gasteiger partial charge in [0, 0.05) is 15.1 Å². The first-order valence-corrected chi connectivity index (χ1v) is 11.2. The van der Waals surface area contributed by atoms with Gasteiger partial charge in [-0.2, -0.15) is 0 Å². The molecule has 29 heavy (non-hydrogen) atoms. The van der Waals surface area contributed by atoms with Gasteiger partial charge >= 0.3 is 0 Å². The number of amides is 1. The number of nitrogens with zero attached hydrogens (tertiary/aromatic N) is 2. The molecule has 0 unspecified atom stereocenters. The zero-order valence-corrected chi connectivity index (χ0v) is 18.4. The number of hydrogen-bond acceptors (Lipinski definition) is 3. The standard InChI is InChI=1S/C24H24IN3O/c25-20-13-11-17(12-14-20)15-22(29)28-24-23(19-9-5-2-6-10-19)27-21(16-26-24)18-7-3-1-4-8-18/h1,3-4,7-8,11-14,16,19H,2,5-6,9-10,15H2,(H,26,28,29). The third kappa shape index (κ3) is 5.21. The van der Waals surface area contributed by atoms with Crippen molar-refractivity contribution in [3.8, 4) is 11.3 Å². The summed E-state index contributed by atoms with van der Waals surface area (Å²) in [5.41, 5.74) is 3.84. The van der Waals surface area contributed by atoms with Crippen LogP contribution in [-0.2, 0) is 11.2 Å². The zero-order chi connectivity index (χ0) is 20.1. The predicted molar refractivity (Wildman–Crippen MR) is 125 cm³/mol. The van der Waals surface area contributed by atoms with Crippen molar-refractivity contribution in [1.29, 1.82) is 0 Å². The minimum atomic E-state index is -0.0509. The molecular formula is C24H24IN3O. The maximum Gasteiger partial charge on any atom is 0.229 e. The lowest BCUT2D eigenvalue weighted by atomic mass is 9.86. The fourth-order valence-corrected chi connectivity index (χ4v) is 4.23. The van der Waals surface area contributed by atoms with Crippen LogP contribution in [0.4, 0.5) is 5.82 Å². The van der Waals surface area contributed by atoms with Gasteiger partial charge in [0.05, 0.1) is 24.0 Å². The summed E-state index contributed by atoms with van der Waals surface area (Å²) in [7, 11) is 0. The molecule has 0 atom stereocenters. The lowest BCUT2D eigenvalue weighted by Gasteiger charge is -2.23. The van der Waals surface area contributed by atoms with Gasteiger partial charge in [0.1, 0.15) is 0 Å². The van der Waals surface area contributed by atoms with Crippen molar-refractivity contribution in [3.05, 3.63) is 75.6 Å². The van der Waals surface area contributed by atoms with Gasteiger partial charge in [-0.25, -0.2) is 9.97 Å². The number of rotatable bonds is 5. The Hall–Kier alpha value is -2.28. The number of nitrogens with one attached hydrogen (secondary N) is 1. The van der Waals surface area contributed by atoms with E-state index in [4.69, 9.17) is 4.98 Å². The van der Waals surface area contributed by atoms with Crippen LogP contribution in [0, 0.1) is 3.57 Å². The molecule has 4 nitrogen and oxygen atoms in total. The van der Waals surface area contributed by atoms with Crippen LogP contribution in [0.15, 0.2) is 60.8 Å². The van der Waals surface area contributed by atoms with E-state index in [1.54, 1.807) is 6.20 Å². The van der Waals surface area contributed by atoms with Gasteiger partial charge in [-0.05, 0) is 53.1 Å². The lowest BCUT2D eigenvalue weighted by Crippen LogP contribution is -2.19. The summed E-state index contributed by atoms with van der Waals surface area (Å²) in [5, 5.41) is 3.04. The van der Waals surface area contributed by atoms with Gasteiger partial charge < -0.3 is 5.32 Å². The summed E-state index contributed by atoms with van der Waals surface area (Å²) in [6.07, 6.45) is 8.00. The second-order valence-corrected chi connectivity index (χ2v) is 8.79. The smallest absolute Gasteiger partial charge is 0.229 e. The number of anilines is 1. The molecule has 1 saturated carbocycles. The zero-order valence-electron chi connectivity index (χ0n) is 16.3. The number of hydrogen-bond donors (Lipinski definition) is 1. The Balaban J connectivity index is 1.59. The molecule has 1 fully saturated rings. The quantitative estimate of drug-likeness (QED) is 0.442. The van der Waals surface area contributed by atoms with Crippen molar-refractivity contribution in [2.75, 3.05) is 5.32 Å². The topological polar surface area (TPSA) is 54.9 Å². The highest BCUT2D eigenvalue weighted by atomic mass is 127. The molecule has 0 saturated heterocycles. The van der Waals surface area contributed by atoms with E-state index in [1.165, 1.54) is 19.3 Å². The summed E-state index contributed by atoms with van der Waals surface area (Å²) in [4.78, 5) is 22.3. The number of benzene rings is 2. The molecule has 0 aliphatic heterocycles. The largest absolute Gasteiger partial charge is 0.309 e. The fourth-order valence-electron chi connectivity index (χ4n) is 3.87. The average Bonchev–Trinajstić information content (AvgIpc) is 2.77. The number of aromatic nitrogens is 2. The Kier molecular flexibility index (Phi) is 6.54. The average molecular weight is 497 g/mol. The van der Waals surface area contributed by atoms with Gasteiger partial charge in [-0.1, -0.05) is 61.7 Å². The van der Waals surface area contributed by atoms with Crippen molar-refractivity contribution in [2.24, 2.45) is 0 Å². The number of carbonyl (C=O) groups excluding carboxylic acids is 1. The van der Waals surface area contributed by atoms with Crippen LogP contribution in [0.2, 0.25) is 0 Å². The molecule has 0 radical (unpaired) electrons. The molecule has 1 aromatic heterocycles. The third-order valence-electron chi connectivity index (χ3n) is 5.40. The van der Waals surface area contributed by atoms with Crippen molar-refractivity contribution in [2.45, 2.75) is 44.4 Å². The first kappa shape index (κ1) is 20.0. The highest BCUT2D eigenvalue weighted by Gasteiger charge is 2.23. The van der Waals surface area contributed by atoms with Crippen LogP contribution in [-0.4, -0.2) is 15.9 Å². The van der Waals surface area contributed by atoms with Gasteiger partial charge in [0.2, 0.25) is 5.91 Å². The fraction of sp³-hybridized carbons (Fsp3) is 0.292. The van der Waals surface area contributed by atoms with Gasteiger partial charge in [0.25, 0.3) is 0 Å². The predicted octanol–water partition coefficient (Wildman–Crippen LogP) is 5.98. The summed E-state index contributed by atoms with van der Waals surface area (Å²) in [5.74, 6) is 0.922. The molecular weight excluding hydrogens is 473 g/mol. The van der Waals surface area contributed by atoms with Crippen LogP contribution >= 0.6 is 22.6 Å². The second kappa shape index (κ2) is 9.48. The van der Waals surface area contributed by atoms with Crippen molar-refractivity contribution in [3.63, 3.8) is 0 Å². The molecule has 3 aromatic rings. The summed E-state index contributed by atoms with van der Waals surface area (Å²) in [6, 6.07) is 18.1. The minimum Gasteiger partial charge on any atom is -0.309 e. The third-order valence-corrected chi connectivity index (χ3v) is 6.12. The molecule has 2 aromatic carbocycles. The van der Waals surface area contributed by atoms with E-state index in [1.807, 2.05) is 54.6 Å². The van der Waals surface area contributed by atoms with E-state index in [0.717, 1.165) is 38.9 Å². The maximum atomic E-state index is 12.7. The molecule has 148 valence electrons. The van der Waals surface area contributed by atoms with Crippen LogP contribution in [0.1, 0.15) is 49.3 Å². The van der Waals surface area contributed by atoms with Crippen LogP contribution in [0.5, 0.6) is 0 Å². The van der Waals surface area contributed by atoms with E-state index in [2.05, 4.69) is 32.9 Å². The molecule has 1 aliphatic carbocycles. The van der Waals surface area contributed by atoms with E-state index in [9.17, 15) is 4.79 Å². The number of halogens is 1. The SMILES string of the molecule is O=C(Cc1ccc(I)cc1)Nc1ncc(-c2ccccc2)nc1C1CCCCC1. The monoisotopic (exact) mass is 497 g/mol. The van der Waals surface area contributed by atoms with E-state index < -0.39 is 0 Å². The Morgan fingerprint density at radius 3 is 2.45 bits per heavy atom. The Labute approximate surface area is 185 Å². The summed E-state index contributed by atoms with van der Waals surface area (Å²) in [6.45, 7) is 0. The van der Waals surface area contributed by atoms with Crippen LogP contribution in [0.25, 0.3) is 11.3 Å². The van der Waals surface area contributed by atoms with Crippen LogP contribution in [0.3, 0.4) is 0 Å². The molecule has 1 heterocycles. The molecule has 4 rings (SSSR count).